The van der Waals surface area contributed by atoms with E-state index >= 15 is 0 Å². The van der Waals surface area contributed by atoms with Crippen LogP contribution in [-0.2, 0) is 6.42 Å². The fourth-order valence-electron chi connectivity index (χ4n) is 1.93. The zero-order valence-corrected chi connectivity index (χ0v) is 12.6. The molecule has 1 aromatic carbocycles. The Morgan fingerprint density at radius 2 is 1.95 bits per heavy atom. The van der Waals surface area contributed by atoms with Crippen molar-refractivity contribution in [2.75, 3.05) is 7.11 Å². The summed E-state index contributed by atoms with van der Waals surface area (Å²) in [5.74, 6) is 1.91. The lowest BCUT2D eigenvalue weighted by Crippen LogP contribution is -2.00. The second kappa shape index (κ2) is 6.88. The SMILES string of the molecule is CCC(=O)c1ccc(Oc2ccc(CC)cc2OC)cn1. The van der Waals surface area contributed by atoms with E-state index in [1.165, 1.54) is 5.56 Å². The molecular formula is C17H19NO3. The fraction of sp³-hybridized carbons (Fsp3) is 0.294. The molecule has 4 nitrogen and oxygen atoms in total. The summed E-state index contributed by atoms with van der Waals surface area (Å²) >= 11 is 0. The van der Waals surface area contributed by atoms with Crippen LogP contribution >= 0.6 is 0 Å². The van der Waals surface area contributed by atoms with E-state index in [0.717, 1.165) is 6.42 Å². The monoisotopic (exact) mass is 285 g/mol. The number of nitrogens with zero attached hydrogens (tertiary/aromatic N) is 1. The fourth-order valence-corrected chi connectivity index (χ4v) is 1.93. The van der Waals surface area contributed by atoms with Gasteiger partial charge >= 0.3 is 0 Å². The third-order valence-electron chi connectivity index (χ3n) is 3.21. The number of methoxy groups -OCH3 is 1. The van der Waals surface area contributed by atoms with Gasteiger partial charge in [0.05, 0.1) is 13.3 Å². The quantitative estimate of drug-likeness (QED) is 0.752. The molecule has 110 valence electrons. The van der Waals surface area contributed by atoms with E-state index in [9.17, 15) is 4.79 Å². The minimum Gasteiger partial charge on any atom is -0.493 e. The molecule has 0 saturated carbocycles. The van der Waals surface area contributed by atoms with Crippen LogP contribution in [0.4, 0.5) is 0 Å². The van der Waals surface area contributed by atoms with Crippen molar-refractivity contribution >= 4 is 5.78 Å². The number of Topliss-reactive ketones (excluding diaryl/α,β-unsaturated/α-hetero) is 1. The van der Waals surface area contributed by atoms with Crippen LogP contribution in [0.15, 0.2) is 36.5 Å². The molecule has 0 N–H and O–H groups in total. The predicted octanol–water partition coefficient (Wildman–Crippen LogP) is 4.04. The van der Waals surface area contributed by atoms with E-state index in [1.807, 2.05) is 25.1 Å². The maximum absolute atomic E-state index is 11.5. The van der Waals surface area contributed by atoms with Gasteiger partial charge in [-0.15, -0.1) is 0 Å². The topological polar surface area (TPSA) is 48.4 Å². The number of rotatable bonds is 6. The van der Waals surface area contributed by atoms with Gasteiger partial charge in [-0.3, -0.25) is 4.79 Å². The molecular weight excluding hydrogens is 266 g/mol. The number of aromatic nitrogens is 1. The lowest BCUT2D eigenvalue weighted by Gasteiger charge is -2.11. The van der Waals surface area contributed by atoms with Gasteiger partial charge < -0.3 is 9.47 Å². The molecule has 0 aliphatic carbocycles. The number of carbonyl (C=O) groups is 1. The summed E-state index contributed by atoms with van der Waals surface area (Å²) in [6.45, 7) is 3.90. The van der Waals surface area contributed by atoms with Gasteiger partial charge in [-0.1, -0.05) is 19.9 Å². The Kier molecular flexibility index (Phi) is 4.93. The van der Waals surface area contributed by atoms with Crippen molar-refractivity contribution in [3.8, 4) is 17.2 Å². The van der Waals surface area contributed by atoms with E-state index in [0.29, 0.717) is 29.4 Å². The van der Waals surface area contributed by atoms with Crippen LogP contribution in [0, 0.1) is 0 Å². The molecule has 0 aliphatic rings. The van der Waals surface area contributed by atoms with Crippen molar-refractivity contribution < 1.29 is 14.3 Å². The summed E-state index contributed by atoms with van der Waals surface area (Å²) in [5, 5.41) is 0. The number of ketones is 1. The summed E-state index contributed by atoms with van der Waals surface area (Å²) in [4.78, 5) is 15.7. The molecule has 2 rings (SSSR count). The Bertz CT molecular complexity index is 620. The number of hydrogen-bond donors (Lipinski definition) is 0. The molecule has 0 unspecified atom stereocenters. The van der Waals surface area contributed by atoms with Gasteiger partial charge in [-0.25, -0.2) is 4.98 Å². The molecule has 0 aliphatic heterocycles. The number of aryl methyl sites for hydroxylation is 1. The van der Waals surface area contributed by atoms with Crippen molar-refractivity contribution in [1.29, 1.82) is 0 Å². The first-order valence-corrected chi connectivity index (χ1v) is 7.02. The zero-order valence-electron chi connectivity index (χ0n) is 12.6. The summed E-state index contributed by atoms with van der Waals surface area (Å²) in [6.07, 6.45) is 2.93. The second-order valence-electron chi connectivity index (χ2n) is 4.60. The van der Waals surface area contributed by atoms with Crippen LogP contribution in [0.3, 0.4) is 0 Å². The number of benzene rings is 1. The molecule has 1 aromatic heterocycles. The van der Waals surface area contributed by atoms with Gasteiger partial charge in [0.1, 0.15) is 11.4 Å². The average Bonchev–Trinajstić information content (AvgIpc) is 2.55. The van der Waals surface area contributed by atoms with E-state index in [1.54, 1.807) is 25.4 Å². The zero-order chi connectivity index (χ0) is 15.2. The molecule has 1 heterocycles. The highest BCUT2D eigenvalue weighted by atomic mass is 16.5. The first-order chi connectivity index (χ1) is 10.2. The largest absolute Gasteiger partial charge is 0.493 e. The van der Waals surface area contributed by atoms with Gasteiger partial charge in [0, 0.05) is 6.42 Å². The van der Waals surface area contributed by atoms with Gasteiger partial charge in [0.2, 0.25) is 0 Å². The van der Waals surface area contributed by atoms with Crippen molar-refractivity contribution in [3.05, 3.63) is 47.8 Å². The first kappa shape index (κ1) is 15.0. The average molecular weight is 285 g/mol. The number of carbonyl (C=O) groups excluding carboxylic acids is 1. The number of ether oxygens (including phenoxy) is 2. The van der Waals surface area contributed by atoms with E-state index in [-0.39, 0.29) is 5.78 Å². The highest BCUT2D eigenvalue weighted by Crippen LogP contribution is 2.32. The Hall–Kier alpha value is -2.36. The molecule has 0 bridgehead atoms. The van der Waals surface area contributed by atoms with Gasteiger partial charge in [-0.2, -0.15) is 0 Å². The van der Waals surface area contributed by atoms with Crippen molar-refractivity contribution in [2.45, 2.75) is 26.7 Å². The maximum Gasteiger partial charge on any atom is 0.180 e. The number of hydrogen-bond acceptors (Lipinski definition) is 4. The van der Waals surface area contributed by atoms with E-state index in [2.05, 4.69) is 11.9 Å². The minimum atomic E-state index is 0.0198. The summed E-state index contributed by atoms with van der Waals surface area (Å²) < 4.78 is 11.1. The molecule has 0 amide bonds. The Morgan fingerprint density at radius 3 is 2.52 bits per heavy atom. The second-order valence-corrected chi connectivity index (χ2v) is 4.60. The summed E-state index contributed by atoms with van der Waals surface area (Å²) in [7, 11) is 1.61. The van der Waals surface area contributed by atoms with Crippen molar-refractivity contribution in [3.63, 3.8) is 0 Å². The van der Waals surface area contributed by atoms with Crippen LogP contribution in [0.5, 0.6) is 17.2 Å². The van der Waals surface area contributed by atoms with Crippen LogP contribution in [0.2, 0.25) is 0 Å². The predicted molar refractivity (Wildman–Crippen MR) is 81.3 cm³/mol. The third-order valence-corrected chi connectivity index (χ3v) is 3.21. The highest BCUT2D eigenvalue weighted by molar-refractivity contribution is 5.93. The summed E-state index contributed by atoms with van der Waals surface area (Å²) in [6, 6.07) is 9.25. The van der Waals surface area contributed by atoms with Crippen LogP contribution in [-0.4, -0.2) is 17.9 Å². The molecule has 0 radical (unpaired) electrons. The maximum atomic E-state index is 11.5. The number of pyridine rings is 1. The van der Waals surface area contributed by atoms with Crippen molar-refractivity contribution in [2.24, 2.45) is 0 Å². The first-order valence-electron chi connectivity index (χ1n) is 7.02. The molecule has 0 spiro atoms. The summed E-state index contributed by atoms with van der Waals surface area (Å²) in [5.41, 5.74) is 1.64. The molecule has 0 atom stereocenters. The van der Waals surface area contributed by atoms with Crippen LogP contribution < -0.4 is 9.47 Å². The smallest absolute Gasteiger partial charge is 0.180 e. The highest BCUT2D eigenvalue weighted by Gasteiger charge is 2.08. The molecule has 4 heteroatoms. The molecule has 21 heavy (non-hydrogen) atoms. The Morgan fingerprint density at radius 1 is 1.14 bits per heavy atom. The van der Waals surface area contributed by atoms with Crippen LogP contribution in [0.25, 0.3) is 0 Å². The Balaban J connectivity index is 2.20. The van der Waals surface area contributed by atoms with E-state index < -0.39 is 0 Å². The van der Waals surface area contributed by atoms with E-state index in [4.69, 9.17) is 9.47 Å². The minimum absolute atomic E-state index is 0.0198. The normalized spacial score (nSPS) is 10.2. The van der Waals surface area contributed by atoms with Gasteiger partial charge in [-0.05, 0) is 36.2 Å². The van der Waals surface area contributed by atoms with Crippen LogP contribution in [0.1, 0.15) is 36.3 Å². The van der Waals surface area contributed by atoms with Crippen molar-refractivity contribution in [1.82, 2.24) is 4.98 Å². The molecule has 2 aromatic rings. The lowest BCUT2D eigenvalue weighted by molar-refractivity contribution is 0.0983. The Labute approximate surface area is 124 Å². The van der Waals surface area contributed by atoms with Gasteiger partial charge in [0.15, 0.2) is 17.3 Å². The molecule has 0 fully saturated rings. The van der Waals surface area contributed by atoms with Gasteiger partial charge in [0.25, 0.3) is 0 Å². The third kappa shape index (κ3) is 3.60. The standard InChI is InChI=1S/C17H19NO3/c1-4-12-6-9-16(17(10-12)20-3)21-13-7-8-14(18-11-13)15(19)5-2/h6-11H,4-5H2,1-3H3. The molecule has 0 saturated heterocycles. The lowest BCUT2D eigenvalue weighted by atomic mass is 10.1.